The van der Waals surface area contributed by atoms with Gasteiger partial charge in [-0.1, -0.05) is 0 Å². The van der Waals surface area contributed by atoms with Gasteiger partial charge < -0.3 is 93.4 Å². The predicted octanol–water partition coefficient (Wildman–Crippen LogP) is -2.97. The maximum atomic E-state index is 13.8. The van der Waals surface area contributed by atoms with E-state index in [1.54, 1.807) is 0 Å². The highest BCUT2D eigenvalue weighted by atomic mass is 16.7. The van der Waals surface area contributed by atoms with E-state index >= 15 is 0 Å². The van der Waals surface area contributed by atoms with Crippen LogP contribution in [-0.4, -0.2) is 165 Å². The van der Waals surface area contributed by atoms with E-state index in [2.05, 4.69) is 0 Å². The summed E-state index contributed by atoms with van der Waals surface area (Å²) in [5.41, 5.74) is -0.753. The third-order valence-electron chi connectivity index (χ3n) is 9.42. The molecule has 10 N–H and O–H groups in total. The standard InChI is InChI=1S/C34H42O20/c1-11-22(39)24(41)27(44)33(49-11)51-18-8-19(30(47-3)31-21(18)14(37)7-16(50-31)12-4-5-13(36)17(6-12)46-2)52-34-28(45)25(42)29(20(9-35)53-34)54-32-26(43)23(40)15(38)10-48-32/h4-8,11,15,20,22-29,32-36,38-45H,9-10H2,1-3H3/t11-,15+,20+,22-,23-,24+,25+,26+,27+,28+,29-,32-,33-,34+/m0/s1. The van der Waals surface area contributed by atoms with Crippen LogP contribution < -0.4 is 24.4 Å². The Balaban J connectivity index is 1.40. The van der Waals surface area contributed by atoms with Crippen molar-refractivity contribution in [1.82, 2.24) is 0 Å². The molecule has 6 rings (SSSR count). The van der Waals surface area contributed by atoms with Crippen molar-refractivity contribution < 1.29 is 93.4 Å². The maximum absolute atomic E-state index is 13.8. The first kappa shape index (κ1) is 39.8. The monoisotopic (exact) mass is 770 g/mol. The van der Waals surface area contributed by atoms with Crippen LogP contribution in [0.2, 0.25) is 0 Å². The second kappa shape index (κ2) is 16.1. The summed E-state index contributed by atoms with van der Waals surface area (Å²) in [5, 5.41) is 104. The molecule has 0 bridgehead atoms. The van der Waals surface area contributed by atoms with E-state index in [1.165, 1.54) is 39.3 Å². The molecule has 3 aliphatic rings. The van der Waals surface area contributed by atoms with Gasteiger partial charge in [0, 0.05) is 17.7 Å². The average molecular weight is 771 g/mol. The average Bonchev–Trinajstić information content (AvgIpc) is 3.15. The van der Waals surface area contributed by atoms with Crippen LogP contribution in [0.3, 0.4) is 0 Å². The zero-order valence-electron chi connectivity index (χ0n) is 28.9. The Hall–Kier alpha value is -3.87. The minimum atomic E-state index is -1.96. The molecule has 14 atom stereocenters. The van der Waals surface area contributed by atoms with Gasteiger partial charge in [-0.15, -0.1) is 0 Å². The summed E-state index contributed by atoms with van der Waals surface area (Å²) in [6.07, 6.45) is -22.8. The number of aliphatic hydroxyl groups excluding tert-OH is 9. The summed E-state index contributed by atoms with van der Waals surface area (Å²) in [5.74, 6) is -1.17. The number of hydrogen-bond donors (Lipinski definition) is 10. The first-order valence-corrected chi connectivity index (χ1v) is 16.7. The number of fused-ring (bicyclic) bond motifs is 1. The van der Waals surface area contributed by atoms with Crippen molar-refractivity contribution in [2.24, 2.45) is 0 Å². The van der Waals surface area contributed by atoms with Gasteiger partial charge in [-0.25, -0.2) is 0 Å². The molecule has 0 amide bonds. The molecular weight excluding hydrogens is 728 g/mol. The van der Waals surface area contributed by atoms with Gasteiger partial charge >= 0.3 is 0 Å². The zero-order chi connectivity index (χ0) is 39.2. The van der Waals surface area contributed by atoms with E-state index < -0.39 is 105 Å². The van der Waals surface area contributed by atoms with Crippen molar-refractivity contribution >= 4 is 11.0 Å². The molecule has 3 aliphatic heterocycles. The van der Waals surface area contributed by atoms with Crippen LogP contribution >= 0.6 is 0 Å². The van der Waals surface area contributed by atoms with Crippen molar-refractivity contribution in [3.63, 3.8) is 0 Å². The SMILES string of the molecule is COc1cc(-c2cc(=O)c3c(O[C@@H]4O[C@@H](C)[C@H](O)[C@@H](O)[C@H]4O)cc(O[C@@H]4O[C@H](CO)[C@H](O[C@@H]5OC[C@@H](O)[C@H](O)[C@H]5O)[C@H](O)[C@H]4O)c(OC)c3o2)ccc1O. The van der Waals surface area contributed by atoms with E-state index in [9.17, 15) is 55.9 Å². The predicted molar refractivity (Wildman–Crippen MR) is 177 cm³/mol. The first-order valence-electron chi connectivity index (χ1n) is 16.7. The first-order chi connectivity index (χ1) is 25.7. The van der Waals surface area contributed by atoms with Gasteiger partial charge in [0.25, 0.3) is 0 Å². The summed E-state index contributed by atoms with van der Waals surface area (Å²) in [7, 11) is 2.52. The van der Waals surface area contributed by atoms with Crippen molar-refractivity contribution in [3.8, 4) is 40.1 Å². The number of benzene rings is 2. The quantitative estimate of drug-likeness (QED) is 0.0984. The van der Waals surface area contributed by atoms with E-state index in [4.69, 9.17) is 42.3 Å². The van der Waals surface area contributed by atoms with Gasteiger partial charge in [-0.05, 0) is 25.1 Å². The molecule has 3 fully saturated rings. The van der Waals surface area contributed by atoms with Crippen LogP contribution in [0.1, 0.15) is 6.92 Å². The Bertz CT molecular complexity index is 1830. The van der Waals surface area contributed by atoms with Gasteiger partial charge in [0.15, 0.2) is 34.6 Å². The summed E-state index contributed by atoms with van der Waals surface area (Å²) >= 11 is 0. The molecule has 0 spiro atoms. The number of aromatic hydroxyl groups is 1. The molecule has 298 valence electrons. The Morgan fingerprint density at radius 1 is 0.741 bits per heavy atom. The number of ether oxygens (including phenoxy) is 8. The Morgan fingerprint density at radius 3 is 2.09 bits per heavy atom. The number of methoxy groups -OCH3 is 2. The van der Waals surface area contributed by atoms with Crippen LogP contribution in [0.25, 0.3) is 22.3 Å². The van der Waals surface area contributed by atoms with Crippen molar-refractivity contribution in [2.45, 2.75) is 92.9 Å². The lowest BCUT2D eigenvalue weighted by Crippen LogP contribution is -2.63. The molecular formula is C34H42O20. The lowest BCUT2D eigenvalue weighted by atomic mass is 9.98. The van der Waals surface area contributed by atoms with Crippen LogP contribution in [0.4, 0.5) is 0 Å². The summed E-state index contributed by atoms with van der Waals surface area (Å²) in [6.45, 7) is 0.150. The lowest BCUT2D eigenvalue weighted by Gasteiger charge is -2.44. The highest BCUT2D eigenvalue weighted by molar-refractivity contribution is 5.92. The minimum absolute atomic E-state index is 0.0530. The molecule has 0 saturated carbocycles. The van der Waals surface area contributed by atoms with E-state index in [-0.39, 0.29) is 51.0 Å². The number of aliphatic hydroxyl groups is 9. The molecule has 4 heterocycles. The summed E-state index contributed by atoms with van der Waals surface area (Å²) in [6, 6.07) is 6.33. The normalized spacial score (nSPS) is 35.8. The molecule has 54 heavy (non-hydrogen) atoms. The van der Waals surface area contributed by atoms with Gasteiger partial charge in [-0.3, -0.25) is 4.79 Å². The zero-order valence-corrected chi connectivity index (χ0v) is 28.9. The number of hydrogen-bond acceptors (Lipinski definition) is 20. The highest BCUT2D eigenvalue weighted by Crippen LogP contribution is 2.44. The van der Waals surface area contributed by atoms with E-state index in [0.717, 1.165) is 12.1 Å². The smallest absolute Gasteiger partial charge is 0.229 e. The van der Waals surface area contributed by atoms with Gasteiger partial charge in [0.05, 0.1) is 33.5 Å². The Labute approximate surface area is 305 Å². The molecule has 0 unspecified atom stereocenters. The molecule has 3 aromatic rings. The molecule has 20 nitrogen and oxygen atoms in total. The third kappa shape index (κ3) is 7.41. The fourth-order valence-electron chi connectivity index (χ4n) is 6.34. The largest absolute Gasteiger partial charge is 0.504 e. The molecule has 3 saturated heterocycles. The van der Waals surface area contributed by atoms with Crippen LogP contribution in [0.5, 0.6) is 28.7 Å². The van der Waals surface area contributed by atoms with Gasteiger partial charge in [-0.2, -0.15) is 0 Å². The minimum Gasteiger partial charge on any atom is -0.504 e. The molecule has 2 aromatic carbocycles. The second-order valence-corrected chi connectivity index (χ2v) is 12.9. The second-order valence-electron chi connectivity index (χ2n) is 12.9. The summed E-state index contributed by atoms with van der Waals surface area (Å²) < 4.78 is 51.0. The number of phenolic OH excluding ortho intramolecular Hbond substituents is 1. The Kier molecular flexibility index (Phi) is 11.9. The van der Waals surface area contributed by atoms with Crippen molar-refractivity contribution in [2.75, 3.05) is 27.4 Å². The van der Waals surface area contributed by atoms with Crippen LogP contribution in [0, 0.1) is 0 Å². The number of phenols is 1. The fraction of sp³-hybridized carbons (Fsp3) is 0.559. The number of rotatable bonds is 10. The molecule has 1 aromatic heterocycles. The summed E-state index contributed by atoms with van der Waals surface area (Å²) in [4.78, 5) is 13.8. The maximum Gasteiger partial charge on any atom is 0.229 e. The highest BCUT2D eigenvalue weighted by Gasteiger charge is 2.50. The van der Waals surface area contributed by atoms with E-state index in [1.807, 2.05) is 0 Å². The molecule has 0 radical (unpaired) electrons. The lowest BCUT2D eigenvalue weighted by molar-refractivity contribution is -0.339. The molecule has 0 aliphatic carbocycles. The van der Waals surface area contributed by atoms with Gasteiger partial charge in [0.1, 0.15) is 77.9 Å². The fourth-order valence-corrected chi connectivity index (χ4v) is 6.34. The third-order valence-corrected chi connectivity index (χ3v) is 9.42. The van der Waals surface area contributed by atoms with E-state index in [0.29, 0.717) is 0 Å². The molecule has 20 heteroatoms. The van der Waals surface area contributed by atoms with Crippen molar-refractivity contribution in [3.05, 3.63) is 40.6 Å². The van der Waals surface area contributed by atoms with Crippen LogP contribution in [0.15, 0.2) is 39.5 Å². The van der Waals surface area contributed by atoms with Gasteiger partial charge in [0.2, 0.25) is 18.3 Å². The topological polar surface area (TPSA) is 306 Å². The Morgan fingerprint density at radius 2 is 1.41 bits per heavy atom. The van der Waals surface area contributed by atoms with Crippen LogP contribution in [-0.2, 0) is 18.9 Å². The van der Waals surface area contributed by atoms with Crippen molar-refractivity contribution in [1.29, 1.82) is 0 Å².